The summed E-state index contributed by atoms with van der Waals surface area (Å²) in [7, 11) is 0. The number of hydrogen-bond donors (Lipinski definition) is 2. The molecule has 0 unspecified atom stereocenters. The molecule has 1 aliphatic carbocycles. The van der Waals surface area contributed by atoms with Gasteiger partial charge in [-0.1, -0.05) is 4.49 Å². The molecule has 1 aromatic rings. The normalized spacial score (nSPS) is 15.1. The average molecular weight is 240 g/mol. The molecule has 2 rings (SSSR count). The van der Waals surface area contributed by atoms with Crippen LogP contribution in [0.15, 0.2) is 0 Å². The molecule has 0 bridgehead atoms. The number of aromatic nitrogens is 2. The Labute approximate surface area is 98.8 Å². The maximum Gasteiger partial charge on any atom is 0.264 e. The second-order valence-electron chi connectivity index (χ2n) is 4.03. The SMILES string of the molecule is Cc1nnsc1C(=O)NCCCNC1CC1. The van der Waals surface area contributed by atoms with Crippen LogP contribution in [0.1, 0.15) is 34.6 Å². The molecule has 1 amide bonds. The van der Waals surface area contributed by atoms with Gasteiger partial charge in [0.25, 0.3) is 5.91 Å². The molecule has 88 valence electrons. The largest absolute Gasteiger partial charge is 0.351 e. The number of carbonyl (C=O) groups excluding carboxylic acids is 1. The molecular formula is C10H16N4OS. The van der Waals surface area contributed by atoms with Crippen molar-refractivity contribution in [3.63, 3.8) is 0 Å². The van der Waals surface area contributed by atoms with Crippen molar-refractivity contribution >= 4 is 17.4 Å². The van der Waals surface area contributed by atoms with E-state index in [1.807, 2.05) is 0 Å². The highest BCUT2D eigenvalue weighted by Crippen LogP contribution is 2.18. The van der Waals surface area contributed by atoms with Gasteiger partial charge in [0.05, 0.1) is 5.69 Å². The minimum atomic E-state index is -0.0566. The predicted octanol–water partition coefficient (Wildman–Crippen LogP) is 0.718. The summed E-state index contributed by atoms with van der Waals surface area (Å²) >= 11 is 1.15. The molecule has 0 atom stereocenters. The van der Waals surface area contributed by atoms with Gasteiger partial charge in [-0.2, -0.15) is 0 Å². The lowest BCUT2D eigenvalue weighted by Crippen LogP contribution is -2.27. The van der Waals surface area contributed by atoms with Gasteiger partial charge in [0.2, 0.25) is 0 Å². The minimum absolute atomic E-state index is 0.0566. The van der Waals surface area contributed by atoms with Crippen LogP contribution in [0.2, 0.25) is 0 Å². The van der Waals surface area contributed by atoms with E-state index in [-0.39, 0.29) is 5.91 Å². The van der Waals surface area contributed by atoms with Crippen LogP contribution < -0.4 is 10.6 Å². The molecule has 1 aliphatic rings. The number of amides is 1. The first-order chi connectivity index (χ1) is 7.77. The molecule has 1 saturated carbocycles. The van der Waals surface area contributed by atoms with E-state index in [2.05, 4.69) is 20.2 Å². The third-order valence-corrected chi connectivity index (χ3v) is 3.33. The van der Waals surface area contributed by atoms with Crippen LogP contribution in [0.5, 0.6) is 0 Å². The van der Waals surface area contributed by atoms with E-state index in [1.54, 1.807) is 6.92 Å². The van der Waals surface area contributed by atoms with Crippen LogP contribution in [0.3, 0.4) is 0 Å². The highest BCUT2D eigenvalue weighted by atomic mass is 32.1. The molecule has 0 spiro atoms. The summed E-state index contributed by atoms with van der Waals surface area (Å²) in [5.41, 5.74) is 0.707. The lowest BCUT2D eigenvalue weighted by atomic mass is 10.3. The van der Waals surface area contributed by atoms with Gasteiger partial charge in [0, 0.05) is 12.6 Å². The Balaban J connectivity index is 1.61. The Morgan fingerprint density at radius 3 is 2.94 bits per heavy atom. The molecule has 1 fully saturated rings. The van der Waals surface area contributed by atoms with Crippen LogP contribution >= 0.6 is 11.5 Å². The fourth-order valence-electron chi connectivity index (χ4n) is 1.40. The summed E-state index contributed by atoms with van der Waals surface area (Å²) < 4.78 is 3.74. The summed E-state index contributed by atoms with van der Waals surface area (Å²) in [6, 6.07) is 0.739. The van der Waals surface area contributed by atoms with Crippen molar-refractivity contribution < 1.29 is 4.79 Å². The van der Waals surface area contributed by atoms with Crippen LogP contribution in [0.4, 0.5) is 0 Å². The van der Waals surface area contributed by atoms with E-state index >= 15 is 0 Å². The smallest absolute Gasteiger partial charge is 0.264 e. The van der Waals surface area contributed by atoms with Gasteiger partial charge in [0.15, 0.2) is 0 Å². The van der Waals surface area contributed by atoms with E-state index < -0.39 is 0 Å². The maximum absolute atomic E-state index is 11.6. The first-order valence-electron chi connectivity index (χ1n) is 5.58. The number of hydrogen-bond acceptors (Lipinski definition) is 5. The van der Waals surface area contributed by atoms with Crippen LogP contribution in [-0.4, -0.2) is 34.6 Å². The van der Waals surface area contributed by atoms with Crippen LogP contribution in [0.25, 0.3) is 0 Å². The van der Waals surface area contributed by atoms with Gasteiger partial charge >= 0.3 is 0 Å². The summed E-state index contributed by atoms with van der Waals surface area (Å²) in [6.45, 7) is 3.48. The maximum atomic E-state index is 11.6. The van der Waals surface area contributed by atoms with Crippen molar-refractivity contribution in [2.24, 2.45) is 0 Å². The van der Waals surface area contributed by atoms with E-state index in [9.17, 15) is 4.79 Å². The molecule has 5 nitrogen and oxygen atoms in total. The van der Waals surface area contributed by atoms with Crippen LogP contribution in [0, 0.1) is 6.92 Å². The zero-order chi connectivity index (χ0) is 11.4. The van der Waals surface area contributed by atoms with Gasteiger partial charge < -0.3 is 10.6 Å². The quantitative estimate of drug-likeness (QED) is 0.719. The molecule has 0 saturated heterocycles. The summed E-state index contributed by atoms with van der Waals surface area (Å²) in [6.07, 6.45) is 3.57. The molecule has 1 heterocycles. The van der Waals surface area contributed by atoms with Gasteiger partial charge in [-0.15, -0.1) is 5.10 Å². The van der Waals surface area contributed by atoms with Gasteiger partial charge in [-0.05, 0) is 44.3 Å². The Morgan fingerprint density at radius 2 is 2.31 bits per heavy atom. The Bertz CT molecular complexity index is 361. The van der Waals surface area contributed by atoms with Crippen molar-refractivity contribution in [3.05, 3.63) is 10.6 Å². The molecule has 0 radical (unpaired) electrons. The average Bonchev–Trinajstić information content (AvgIpc) is 2.99. The summed E-state index contributed by atoms with van der Waals surface area (Å²) in [5, 5.41) is 10.1. The number of nitrogens with one attached hydrogen (secondary N) is 2. The van der Waals surface area contributed by atoms with Crippen molar-refractivity contribution in [2.45, 2.75) is 32.2 Å². The molecule has 16 heavy (non-hydrogen) atoms. The summed E-state index contributed by atoms with van der Waals surface area (Å²) in [5.74, 6) is -0.0566. The molecule has 0 aliphatic heterocycles. The predicted molar refractivity (Wildman–Crippen MR) is 62.6 cm³/mol. The second kappa shape index (κ2) is 5.36. The van der Waals surface area contributed by atoms with Crippen molar-refractivity contribution in [2.75, 3.05) is 13.1 Å². The van der Waals surface area contributed by atoms with Crippen molar-refractivity contribution in [3.8, 4) is 0 Å². The van der Waals surface area contributed by atoms with Gasteiger partial charge in [-0.25, -0.2) is 0 Å². The second-order valence-corrected chi connectivity index (χ2v) is 4.78. The van der Waals surface area contributed by atoms with E-state index in [0.717, 1.165) is 30.5 Å². The highest BCUT2D eigenvalue weighted by Gasteiger charge is 2.19. The molecule has 2 N–H and O–H groups in total. The van der Waals surface area contributed by atoms with Gasteiger partial charge in [-0.3, -0.25) is 4.79 Å². The monoisotopic (exact) mass is 240 g/mol. The third-order valence-electron chi connectivity index (χ3n) is 2.51. The zero-order valence-corrected chi connectivity index (χ0v) is 10.1. The third kappa shape index (κ3) is 3.24. The van der Waals surface area contributed by atoms with Crippen molar-refractivity contribution in [1.82, 2.24) is 20.2 Å². The molecule has 1 aromatic heterocycles. The topological polar surface area (TPSA) is 66.9 Å². The first kappa shape index (κ1) is 11.5. The first-order valence-corrected chi connectivity index (χ1v) is 6.35. The Morgan fingerprint density at radius 1 is 1.50 bits per heavy atom. The van der Waals surface area contributed by atoms with Crippen molar-refractivity contribution in [1.29, 1.82) is 0 Å². The number of aryl methyl sites for hydroxylation is 1. The fraction of sp³-hybridized carbons (Fsp3) is 0.700. The highest BCUT2D eigenvalue weighted by molar-refractivity contribution is 7.07. The lowest BCUT2D eigenvalue weighted by molar-refractivity contribution is 0.0956. The Kier molecular flexibility index (Phi) is 3.84. The van der Waals surface area contributed by atoms with Gasteiger partial charge in [0.1, 0.15) is 4.88 Å². The standard InChI is InChI=1S/C10H16N4OS/c1-7-9(16-14-13-7)10(15)12-6-2-5-11-8-3-4-8/h8,11H,2-6H2,1H3,(H,12,15). The lowest BCUT2D eigenvalue weighted by Gasteiger charge is -2.04. The molecule has 6 heteroatoms. The molecule has 0 aromatic carbocycles. The summed E-state index contributed by atoms with van der Waals surface area (Å²) in [4.78, 5) is 12.3. The van der Waals surface area contributed by atoms with Crippen LogP contribution in [-0.2, 0) is 0 Å². The number of rotatable bonds is 6. The number of carbonyl (C=O) groups is 1. The molecular weight excluding hydrogens is 224 g/mol. The van der Waals surface area contributed by atoms with E-state index in [1.165, 1.54) is 12.8 Å². The van der Waals surface area contributed by atoms with E-state index in [4.69, 9.17) is 0 Å². The van der Waals surface area contributed by atoms with E-state index in [0.29, 0.717) is 17.1 Å². The minimum Gasteiger partial charge on any atom is -0.351 e. The fourth-order valence-corrected chi connectivity index (χ4v) is 1.98. The Hall–Kier alpha value is -1.01. The number of nitrogens with zero attached hydrogens (tertiary/aromatic N) is 2. The zero-order valence-electron chi connectivity index (χ0n) is 9.32.